The summed E-state index contributed by atoms with van der Waals surface area (Å²) in [6.45, 7) is 4.70. The van der Waals surface area contributed by atoms with E-state index in [0.29, 0.717) is 18.2 Å². The van der Waals surface area contributed by atoms with Crippen molar-refractivity contribution >= 4 is 37.2 Å². The van der Waals surface area contributed by atoms with Crippen LogP contribution in [0.4, 0.5) is 4.39 Å². The molecule has 8 heteroatoms. The molecular formula is C14H19Cl3FN3O. The lowest BCUT2D eigenvalue weighted by molar-refractivity contribution is 0.213. The Balaban J connectivity index is 0.00000147. The van der Waals surface area contributed by atoms with E-state index in [-0.39, 0.29) is 43.0 Å². The largest absolute Gasteiger partial charge is 0.439 e. The van der Waals surface area contributed by atoms with Gasteiger partial charge in [0.25, 0.3) is 0 Å². The highest BCUT2D eigenvalue weighted by atomic mass is 35.5. The lowest BCUT2D eigenvalue weighted by Gasteiger charge is -2.25. The van der Waals surface area contributed by atoms with Gasteiger partial charge in [-0.3, -0.25) is 4.90 Å². The molecule has 0 spiro atoms. The van der Waals surface area contributed by atoms with Gasteiger partial charge in [0.2, 0.25) is 5.89 Å². The summed E-state index contributed by atoms with van der Waals surface area (Å²) in [5.41, 5.74) is 0.721. The number of oxazole rings is 1. The zero-order chi connectivity index (χ0) is 13.1. The Labute approximate surface area is 147 Å². The fraction of sp³-hybridized carbons (Fsp3) is 0.357. The van der Waals surface area contributed by atoms with Crippen LogP contribution in [0.2, 0.25) is 0 Å². The molecule has 1 aromatic heterocycles. The van der Waals surface area contributed by atoms with E-state index in [0.717, 1.165) is 31.7 Å². The van der Waals surface area contributed by atoms with E-state index in [2.05, 4.69) is 15.2 Å². The van der Waals surface area contributed by atoms with Crippen LogP contribution in [0.5, 0.6) is 0 Å². The van der Waals surface area contributed by atoms with Gasteiger partial charge in [-0.15, -0.1) is 37.2 Å². The molecule has 4 nitrogen and oxygen atoms in total. The van der Waals surface area contributed by atoms with Gasteiger partial charge in [0, 0.05) is 31.7 Å². The third-order valence-corrected chi connectivity index (χ3v) is 3.23. The number of nitrogens with one attached hydrogen (secondary N) is 1. The maximum Gasteiger partial charge on any atom is 0.209 e. The monoisotopic (exact) mass is 369 g/mol. The summed E-state index contributed by atoms with van der Waals surface area (Å²) >= 11 is 0. The molecule has 124 valence electrons. The highest BCUT2D eigenvalue weighted by molar-refractivity contribution is 5.86. The van der Waals surface area contributed by atoms with E-state index in [1.54, 1.807) is 12.3 Å². The number of piperazine rings is 1. The minimum absolute atomic E-state index is 0. The molecule has 0 atom stereocenters. The van der Waals surface area contributed by atoms with Crippen LogP contribution in [-0.2, 0) is 6.54 Å². The molecule has 0 saturated carbocycles. The Kier molecular flexibility index (Phi) is 9.64. The van der Waals surface area contributed by atoms with Gasteiger partial charge in [-0.05, 0) is 12.1 Å². The number of rotatable bonds is 3. The van der Waals surface area contributed by atoms with E-state index < -0.39 is 0 Å². The molecule has 22 heavy (non-hydrogen) atoms. The fourth-order valence-electron chi connectivity index (χ4n) is 2.22. The Morgan fingerprint density at radius 1 is 1.18 bits per heavy atom. The molecule has 0 radical (unpaired) electrons. The van der Waals surface area contributed by atoms with Gasteiger partial charge in [-0.25, -0.2) is 9.37 Å². The second kappa shape index (κ2) is 10.0. The van der Waals surface area contributed by atoms with Crippen molar-refractivity contribution in [2.75, 3.05) is 26.2 Å². The predicted molar refractivity (Wildman–Crippen MR) is 91.8 cm³/mol. The summed E-state index contributed by atoms with van der Waals surface area (Å²) in [6, 6.07) is 6.36. The lowest BCUT2D eigenvalue weighted by Crippen LogP contribution is -2.42. The minimum Gasteiger partial charge on any atom is -0.439 e. The van der Waals surface area contributed by atoms with Crippen LogP contribution in [0.1, 0.15) is 5.89 Å². The highest BCUT2D eigenvalue weighted by Crippen LogP contribution is 2.21. The lowest BCUT2D eigenvalue weighted by atomic mass is 10.2. The van der Waals surface area contributed by atoms with Gasteiger partial charge in [-0.2, -0.15) is 0 Å². The van der Waals surface area contributed by atoms with Crippen LogP contribution >= 0.6 is 37.2 Å². The number of nitrogens with zero attached hydrogens (tertiary/aromatic N) is 2. The van der Waals surface area contributed by atoms with Crippen molar-refractivity contribution in [3.05, 3.63) is 42.2 Å². The first-order valence-electron chi connectivity index (χ1n) is 6.45. The smallest absolute Gasteiger partial charge is 0.209 e. The summed E-state index contributed by atoms with van der Waals surface area (Å²) in [5.74, 6) is 1.03. The average molecular weight is 371 g/mol. The second-order valence-corrected chi connectivity index (χ2v) is 4.65. The maximum absolute atomic E-state index is 13.2. The molecule has 3 rings (SSSR count). The Morgan fingerprint density at radius 2 is 1.91 bits per heavy atom. The third kappa shape index (κ3) is 5.41. The number of hydrogen-bond donors (Lipinski definition) is 1. The highest BCUT2D eigenvalue weighted by Gasteiger charge is 2.13. The molecule has 1 aromatic carbocycles. The van der Waals surface area contributed by atoms with E-state index in [9.17, 15) is 4.39 Å². The first kappa shape index (κ1) is 21.1. The van der Waals surface area contributed by atoms with Crippen molar-refractivity contribution in [1.29, 1.82) is 0 Å². The molecule has 2 heterocycles. The van der Waals surface area contributed by atoms with Crippen LogP contribution in [0, 0.1) is 5.82 Å². The third-order valence-electron chi connectivity index (χ3n) is 3.23. The van der Waals surface area contributed by atoms with E-state index >= 15 is 0 Å². The maximum atomic E-state index is 13.2. The Hall–Kier alpha value is -0.850. The molecule has 2 aromatic rings. The van der Waals surface area contributed by atoms with Crippen LogP contribution in [0.25, 0.3) is 11.3 Å². The quantitative estimate of drug-likeness (QED) is 0.901. The molecule has 1 aliphatic heterocycles. The summed E-state index contributed by atoms with van der Waals surface area (Å²) in [4.78, 5) is 6.55. The molecule has 0 bridgehead atoms. The second-order valence-electron chi connectivity index (χ2n) is 4.65. The van der Waals surface area contributed by atoms with E-state index in [4.69, 9.17) is 4.42 Å². The van der Waals surface area contributed by atoms with Crippen molar-refractivity contribution in [1.82, 2.24) is 15.2 Å². The first-order valence-corrected chi connectivity index (χ1v) is 6.45. The predicted octanol–water partition coefficient (Wildman–Crippen LogP) is 3.15. The van der Waals surface area contributed by atoms with Crippen LogP contribution in [0.3, 0.4) is 0 Å². The van der Waals surface area contributed by atoms with E-state index in [1.807, 2.05) is 6.07 Å². The number of benzene rings is 1. The van der Waals surface area contributed by atoms with Gasteiger partial charge in [0.15, 0.2) is 5.76 Å². The molecule has 0 amide bonds. The molecule has 0 aliphatic carbocycles. The van der Waals surface area contributed by atoms with Crippen LogP contribution < -0.4 is 5.32 Å². The molecular weight excluding hydrogens is 352 g/mol. The zero-order valence-electron chi connectivity index (χ0n) is 11.8. The number of halogens is 4. The van der Waals surface area contributed by atoms with Crippen molar-refractivity contribution < 1.29 is 8.81 Å². The molecule has 1 aliphatic rings. The fourth-order valence-corrected chi connectivity index (χ4v) is 2.22. The van der Waals surface area contributed by atoms with Gasteiger partial charge in [0.05, 0.1) is 12.7 Å². The van der Waals surface area contributed by atoms with Gasteiger partial charge >= 0.3 is 0 Å². The molecule has 1 fully saturated rings. The van der Waals surface area contributed by atoms with Crippen molar-refractivity contribution in [3.63, 3.8) is 0 Å². The SMILES string of the molecule is Cl.Cl.Cl.Fc1cccc(-c2cnc(CN3CCNCC3)o2)c1. The summed E-state index contributed by atoms with van der Waals surface area (Å²) in [5, 5.41) is 3.30. The summed E-state index contributed by atoms with van der Waals surface area (Å²) < 4.78 is 18.8. The van der Waals surface area contributed by atoms with E-state index in [1.165, 1.54) is 12.1 Å². The summed E-state index contributed by atoms with van der Waals surface area (Å²) in [7, 11) is 0. The Morgan fingerprint density at radius 3 is 2.59 bits per heavy atom. The molecule has 0 unspecified atom stereocenters. The standard InChI is InChI=1S/C14H16FN3O.3ClH/c15-12-3-1-2-11(8-12)13-9-17-14(19-13)10-18-6-4-16-5-7-18;;;/h1-3,8-9,16H,4-7,10H2;3*1H. The normalized spacial score (nSPS) is 14.4. The van der Waals surface area contributed by atoms with Crippen molar-refractivity contribution in [3.8, 4) is 11.3 Å². The van der Waals surface area contributed by atoms with Crippen molar-refractivity contribution in [2.45, 2.75) is 6.54 Å². The Bertz CT molecular complexity index is 562. The van der Waals surface area contributed by atoms with Gasteiger partial charge in [0.1, 0.15) is 5.82 Å². The van der Waals surface area contributed by atoms with Gasteiger partial charge < -0.3 is 9.73 Å². The topological polar surface area (TPSA) is 41.3 Å². The van der Waals surface area contributed by atoms with Crippen LogP contribution in [0.15, 0.2) is 34.9 Å². The first-order chi connectivity index (χ1) is 9.31. The van der Waals surface area contributed by atoms with Crippen LogP contribution in [-0.4, -0.2) is 36.1 Å². The number of hydrogen-bond acceptors (Lipinski definition) is 4. The number of aromatic nitrogens is 1. The molecule has 1 saturated heterocycles. The minimum atomic E-state index is -0.266. The van der Waals surface area contributed by atoms with Gasteiger partial charge in [-0.1, -0.05) is 12.1 Å². The van der Waals surface area contributed by atoms with Crippen molar-refractivity contribution in [2.24, 2.45) is 0 Å². The average Bonchev–Trinajstić information content (AvgIpc) is 2.88. The summed E-state index contributed by atoms with van der Waals surface area (Å²) in [6.07, 6.45) is 1.66. The molecule has 1 N–H and O–H groups in total. The zero-order valence-corrected chi connectivity index (χ0v) is 14.3.